The molecule has 1 aliphatic rings. The summed E-state index contributed by atoms with van der Waals surface area (Å²) < 4.78 is 0. The molecule has 0 spiro atoms. The minimum atomic E-state index is -0.147. The molecule has 2 N–H and O–H groups in total. The van der Waals surface area contributed by atoms with Crippen molar-refractivity contribution in [2.75, 3.05) is 18.4 Å². The van der Waals surface area contributed by atoms with Gasteiger partial charge in [-0.05, 0) is 31.4 Å². The monoisotopic (exact) mass is 247 g/mol. The number of nitrogens with zero attached hydrogens (tertiary/aromatic N) is 1. The normalized spacial score (nSPS) is 16.9. The maximum Gasteiger partial charge on any atom is 0.333 e. The van der Waals surface area contributed by atoms with Gasteiger partial charge in [0.25, 0.3) is 0 Å². The van der Waals surface area contributed by atoms with Gasteiger partial charge in [-0.1, -0.05) is 31.0 Å². The molecular weight excluding hydrogens is 226 g/mol. The molecule has 4 heteroatoms. The Morgan fingerprint density at radius 2 is 1.78 bits per heavy atom. The first-order valence-corrected chi connectivity index (χ1v) is 6.64. The summed E-state index contributed by atoms with van der Waals surface area (Å²) in [5.41, 5.74) is 4.86. The molecule has 18 heavy (non-hydrogen) atoms. The van der Waals surface area contributed by atoms with Crippen molar-refractivity contribution in [3.05, 3.63) is 29.8 Å². The van der Waals surface area contributed by atoms with Crippen molar-refractivity contribution in [3.63, 3.8) is 0 Å². The lowest BCUT2D eigenvalue weighted by Gasteiger charge is -2.21. The highest BCUT2D eigenvalue weighted by atomic mass is 16.2. The Morgan fingerprint density at radius 3 is 2.44 bits per heavy atom. The first-order chi connectivity index (χ1) is 8.75. The third kappa shape index (κ3) is 3.74. The average Bonchev–Trinajstić information content (AvgIpc) is 2.61. The van der Waals surface area contributed by atoms with Crippen LogP contribution in [0.5, 0.6) is 0 Å². The zero-order valence-corrected chi connectivity index (χ0v) is 10.9. The van der Waals surface area contributed by atoms with E-state index in [0.717, 1.165) is 37.2 Å². The van der Waals surface area contributed by atoms with Crippen LogP contribution in [0.1, 0.15) is 31.2 Å². The van der Waals surface area contributed by atoms with E-state index in [4.69, 9.17) is 0 Å². The van der Waals surface area contributed by atoms with Crippen LogP contribution < -0.4 is 10.7 Å². The maximum absolute atomic E-state index is 11.9. The predicted molar refractivity (Wildman–Crippen MR) is 73.4 cm³/mol. The van der Waals surface area contributed by atoms with Crippen LogP contribution in [0.15, 0.2) is 24.3 Å². The molecule has 1 fully saturated rings. The molecule has 0 saturated carbocycles. The van der Waals surface area contributed by atoms with Crippen LogP contribution >= 0.6 is 0 Å². The first kappa shape index (κ1) is 12.9. The molecular formula is C14H21N3O. The third-order valence-corrected chi connectivity index (χ3v) is 3.26. The highest BCUT2D eigenvalue weighted by Crippen LogP contribution is 2.13. The van der Waals surface area contributed by atoms with Crippen molar-refractivity contribution < 1.29 is 4.79 Å². The van der Waals surface area contributed by atoms with Gasteiger partial charge in [-0.3, -0.25) is 5.43 Å². The van der Waals surface area contributed by atoms with Crippen molar-refractivity contribution in [2.24, 2.45) is 0 Å². The Balaban J connectivity index is 1.86. The van der Waals surface area contributed by atoms with E-state index < -0.39 is 0 Å². The number of nitrogens with one attached hydrogen (secondary N) is 2. The van der Waals surface area contributed by atoms with Crippen LogP contribution in [0.4, 0.5) is 10.5 Å². The minimum absolute atomic E-state index is 0.147. The smallest absolute Gasteiger partial charge is 0.307 e. The van der Waals surface area contributed by atoms with Crippen LogP contribution in [-0.4, -0.2) is 24.1 Å². The topological polar surface area (TPSA) is 44.4 Å². The lowest BCUT2D eigenvalue weighted by molar-refractivity contribution is 0.190. The van der Waals surface area contributed by atoms with Gasteiger partial charge >= 0.3 is 6.03 Å². The molecule has 4 nitrogen and oxygen atoms in total. The number of rotatable bonds is 2. The minimum Gasteiger partial charge on any atom is -0.307 e. The maximum atomic E-state index is 11.9. The number of carbonyl (C=O) groups excluding carboxylic acids is 1. The SMILES string of the molecule is Cc1ccccc1NC(=O)NN1CCCCCC1. The summed E-state index contributed by atoms with van der Waals surface area (Å²) in [7, 11) is 0. The lowest BCUT2D eigenvalue weighted by atomic mass is 10.2. The Labute approximate surface area is 108 Å². The number of hydrazine groups is 1. The molecule has 1 aliphatic heterocycles. The number of hydrogen-bond donors (Lipinski definition) is 2. The van der Waals surface area contributed by atoms with E-state index in [1.54, 1.807) is 0 Å². The third-order valence-electron chi connectivity index (χ3n) is 3.26. The van der Waals surface area contributed by atoms with Crippen LogP contribution in [0.2, 0.25) is 0 Å². The molecule has 0 unspecified atom stereocenters. The summed E-state index contributed by atoms with van der Waals surface area (Å²) in [4.78, 5) is 11.9. The fourth-order valence-corrected chi connectivity index (χ4v) is 2.19. The van der Waals surface area contributed by atoms with Crippen molar-refractivity contribution in [1.82, 2.24) is 10.4 Å². The summed E-state index contributed by atoms with van der Waals surface area (Å²) in [6.45, 7) is 3.88. The highest BCUT2D eigenvalue weighted by molar-refractivity contribution is 5.89. The van der Waals surface area contributed by atoms with Crippen molar-refractivity contribution in [3.8, 4) is 0 Å². The zero-order chi connectivity index (χ0) is 12.8. The van der Waals surface area contributed by atoms with Gasteiger partial charge < -0.3 is 5.32 Å². The second kappa shape index (κ2) is 6.40. The van der Waals surface area contributed by atoms with Gasteiger partial charge in [0.05, 0.1) is 0 Å². The predicted octanol–water partition coefficient (Wildman–Crippen LogP) is 2.91. The van der Waals surface area contributed by atoms with E-state index in [1.165, 1.54) is 12.8 Å². The number of carbonyl (C=O) groups is 1. The van der Waals surface area contributed by atoms with Gasteiger partial charge in [0, 0.05) is 18.8 Å². The van der Waals surface area contributed by atoms with Crippen molar-refractivity contribution >= 4 is 11.7 Å². The molecule has 1 aromatic carbocycles. The van der Waals surface area contributed by atoms with E-state index >= 15 is 0 Å². The summed E-state index contributed by atoms with van der Waals surface area (Å²) >= 11 is 0. The number of aryl methyl sites for hydroxylation is 1. The molecule has 0 radical (unpaired) electrons. The van der Waals surface area contributed by atoms with Gasteiger partial charge in [0.2, 0.25) is 0 Å². The lowest BCUT2D eigenvalue weighted by Crippen LogP contribution is -2.44. The van der Waals surface area contributed by atoms with Gasteiger partial charge in [0.15, 0.2) is 0 Å². The van der Waals surface area contributed by atoms with Gasteiger partial charge in [0.1, 0.15) is 0 Å². The number of anilines is 1. The number of amides is 2. The number of hydrogen-bond acceptors (Lipinski definition) is 2. The number of para-hydroxylation sites is 1. The Hall–Kier alpha value is -1.55. The average molecular weight is 247 g/mol. The quantitative estimate of drug-likeness (QED) is 0.844. The molecule has 1 heterocycles. The van der Waals surface area contributed by atoms with E-state index in [1.807, 2.05) is 36.2 Å². The fourth-order valence-electron chi connectivity index (χ4n) is 2.19. The van der Waals surface area contributed by atoms with Crippen molar-refractivity contribution in [1.29, 1.82) is 0 Å². The Morgan fingerprint density at radius 1 is 1.11 bits per heavy atom. The molecule has 0 aromatic heterocycles. The molecule has 0 atom stereocenters. The molecule has 1 aromatic rings. The molecule has 0 aliphatic carbocycles. The Bertz CT molecular complexity index is 398. The van der Waals surface area contributed by atoms with Crippen LogP contribution in [0, 0.1) is 6.92 Å². The molecule has 2 rings (SSSR count). The van der Waals surface area contributed by atoms with Crippen LogP contribution in [-0.2, 0) is 0 Å². The fraction of sp³-hybridized carbons (Fsp3) is 0.500. The standard InChI is InChI=1S/C14H21N3O/c1-12-8-4-5-9-13(12)15-14(18)16-17-10-6-2-3-7-11-17/h4-5,8-9H,2-3,6-7,10-11H2,1H3,(H2,15,16,18). The van der Waals surface area contributed by atoms with E-state index in [2.05, 4.69) is 10.7 Å². The van der Waals surface area contributed by atoms with E-state index in [9.17, 15) is 4.79 Å². The number of benzene rings is 1. The van der Waals surface area contributed by atoms with Crippen molar-refractivity contribution in [2.45, 2.75) is 32.6 Å². The van der Waals surface area contributed by atoms with Crippen LogP contribution in [0.3, 0.4) is 0 Å². The summed E-state index contributed by atoms with van der Waals surface area (Å²) in [5.74, 6) is 0. The summed E-state index contributed by atoms with van der Waals surface area (Å²) in [6, 6.07) is 7.65. The van der Waals surface area contributed by atoms with Gasteiger partial charge in [-0.2, -0.15) is 0 Å². The summed E-state index contributed by atoms with van der Waals surface area (Å²) in [6.07, 6.45) is 4.84. The van der Waals surface area contributed by atoms with Gasteiger partial charge in [-0.25, -0.2) is 9.80 Å². The zero-order valence-electron chi connectivity index (χ0n) is 10.9. The van der Waals surface area contributed by atoms with E-state index in [0.29, 0.717) is 0 Å². The molecule has 98 valence electrons. The molecule has 0 bridgehead atoms. The molecule has 2 amide bonds. The highest BCUT2D eigenvalue weighted by Gasteiger charge is 2.11. The number of urea groups is 1. The second-order valence-corrected chi connectivity index (χ2v) is 4.78. The first-order valence-electron chi connectivity index (χ1n) is 6.64. The Kier molecular flexibility index (Phi) is 4.59. The van der Waals surface area contributed by atoms with Gasteiger partial charge in [-0.15, -0.1) is 0 Å². The summed E-state index contributed by atoms with van der Waals surface area (Å²) in [5, 5.41) is 4.90. The largest absolute Gasteiger partial charge is 0.333 e. The van der Waals surface area contributed by atoms with E-state index in [-0.39, 0.29) is 6.03 Å². The van der Waals surface area contributed by atoms with Crippen LogP contribution in [0.25, 0.3) is 0 Å². The second-order valence-electron chi connectivity index (χ2n) is 4.78. The molecule has 1 saturated heterocycles.